The molecule has 0 aliphatic rings. The number of hydrogen-bond donors (Lipinski definition) is 3. The monoisotopic (exact) mass is 326 g/mol. The molecule has 3 N–H and O–H groups in total. The van der Waals surface area contributed by atoms with Crippen molar-refractivity contribution in [2.24, 2.45) is 5.41 Å². The van der Waals surface area contributed by atoms with Crippen molar-refractivity contribution in [2.75, 3.05) is 5.32 Å². The van der Waals surface area contributed by atoms with E-state index in [4.69, 9.17) is 16.7 Å². The highest BCUT2D eigenvalue weighted by Gasteiger charge is 2.36. The molecule has 6 nitrogen and oxygen atoms in total. The molecule has 0 aliphatic carbocycles. The molecule has 1 rings (SSSR count). The van der Waals surface area contributed by atoms with Crippen molar-refractivity contribution in [2.45, 2.75) is 33.2 Å². The molecule has 0 fully saturated rings. The Labute approximate surface area is 133 Å². The van der Waals surface area contributed by atoms with E-state index in [0.717, 1.165) is 0 Å². The molecule has 0 saturated heterocycles. The fourth-order valence-electron chi connectivity index (χ4n) is 1.67. The molecule has 0 bridgehead atoms. The minimum atomic E-state index is -1.35. The van der Waals surface area contributed by atoms with Crippen molar-refractivity contribution in [3.63, 3.8) is 0 Å². The van der Waals surface area contributed by atoms with Crippen LogP contribution in [0.3, 0.4) is 0 Å². The van der Waals surface area contributed by atoms with Crippen LogP contribution in [0.4, 0.5) is 5.69 Å². The predicted octanol–water partition coefficient (Wildman–Crippen LogP) is 2.28. The molecule has 0 unspecified atom stereocenters. The largest absolute Gasteiger partial charge is 0.481 e. The number of carboxylic acids is 1. The lowest BCUT2D eigenvalue weighted by Crippen LogP contribution is -2.48. The van der Waals surface area contributed by atoms with Crippen molar-refractivity contribution in [3.05, 3.63) is 29.3 Å². The molecule has 0 radical (unpaired) electrons. The van der Waals surface area contributed by atoms with Crippen molar-refractivity contribution in [1.29, 1.82) is 0 Å². The van der Waals surface area contributed by atoms with Gasteiger partial charge in [-0.3, -0.25) is 14.4 Å². The zero-order valence-electron chi connectivity index (χ0n) is 12.6. The number of carbonyl (C=O) groups is 3. The number of halogens is 1. The first-order valence-corrected chi connectivity index (χ1v) is 7.10. The van der Waals surface area contributed by atoms with Crippen molar-refractivity contribution in [3.8, 4) is 0 Å². The van der Waals surface area contributed by atoms with Crippen LogP contribution in [0.25, 0.3) is 0 Å². The summed E-state index contributed by atoms with van der Waals surface area (Å²) in [5, 5.41) is 14.3. The molecule has 0 saturated carbocycles. The van der Waals surface area contributed by atoms with Crippen molar-refractivity contribution >= 4 is 35.1 Å². The van der Waals surface area contributed by atoms with Gasteiger partial charge in [-0.1, -0.05) is 17.7 Å². The van der Waals surface area contributed by atoms with Crippen molar-refractivity contribution in [1.82, 2.24) is 5.32 Å². The molecule has 0 spiro atoms. The average molecular weight is 327 g/mol. The second-order valence-corrected chi connectivity index (χ2v) is 6.00. The van der Waals surface area contributed by atoms with Gasteiger partial charge in [-0.25, -0.2) is 0 Å². The van der Waals surface area contributed by atoms with Crippen LogP contribution in [0.15, 0.2) is 24.3 Å². The van der Waals surface area contributed by atoms with E-state index in [1.54, 1.807) is 31.2 Å². The third-order valence-electron chi connectivity index (χ3n) is 3.08. The third kappa shape index (κ3) is 5.04. The quantitative estimate of drug-likeness (QED) is 0.699. The second kappa shape index (κ2) is 7.26. The Morgan fingerprint density at radius 3 is 2.45 bits per heavy atom. The molecule has 22 heavy (non-hydrogen) atoms. The van der Waals surface area contributed by atoms with Gasteiger partial charge in [-0.05, 0) is 39.0 Å². The molecular weight excluding hydrogens is 308 g/mol. The van der Waals surface area contributed by atoms with Crippen LogP contribution < -0.4 is 10.6 Å². The van der Waals surface area contributed by atoms with E-state index in [2.05, 4.69) is 10.6 Å². The lowest BCUT2D eigenvalue weighted by Gasteiger charge is -2.24. The number of rotatable bonds is 6. The van der Waals surface area contributed by atoms with E-state index in [-0.39, 0.29) is 6.42 Å². The van der Waals surface area contributed by atoms with E-state index in [0.29, 0.717) is 10.7 Å². The molecule has 0 aromatic heterocycles. The number of carboxylic acid groups (broad SMARTS) is 1. The van der Waals surface area contributed by atoms with Gasteiger partial charge in [0.1, 0.15) is 5.41 Å². The Morgan fingerprint density at radius 2 is 1.91 bits per heavy atom. The molecule has 1 aromatic rings. The highest BCUT2D eigenvalue weighted by Crippen LogP contribution is 2.21. The van der Waals surface area contributed by atoms with E-state index < -0.39 is 29.2 Å². The molecule has 120 valence electrons. The third-order valence-corrected chi connectivity index (χ3v) is 3.31. The normalized spacial score (nSPS) is 12.4. The lowest BCUT2D eigenvalue weighted by atomic mass is 9.90. The molecule has 0 heterocycles. The van der Waals surface area contributed by atoms with Crippen LogP contribution in [0.2, 0.25) is 5.02 Å². The van der Waals surface area contributed by atoms with Crippen LogP contribution in [0.5, 0.6) is 0 Å². The average Bonchev–Trinajstić information content (AvgIpc) is 2.37. The second-order valence-electron chi connectivity index (χ2n) is 5.56. The van der Waals surface area contributed by atoms with Gasteiger partial charge in [0.05, 0.1) is 6.42 Å². The van der Waals surface area contributed by atoms with Crippen LogP contribution >= 0.6 is 11.6 Å². The van der Waals surface area contributed by atoms with Gasteiger partial charge in [0, 0.05) is 16.8 Å². The van der Waals surface area contributed by atoms with Crippen LogP contribution in [0.1, 0.15) is 27.2 Å². The fraction of sp³-hybridized carbons (Fsp3) is 0.400. The van der Waals surface area contributed by atoms with E-state index in [1.165, 1.54) is 13.8 Å². The summed E-state index contributed by atoms with van der Waals surface area (Å²) in [5.74, 6) is -2.07. The molecular formula is C15H19ClN2O4. The number of anilines is 1. The van der Waals surface area contributed by atoms with Gasteiger partial charge in [0.25, 0.3) is 0 Å². The highest BCUT2D eigenvalue weighted by molar-refractivity contribution is 6.31. The predicted molar refractivity (Wildman–Crippen MR) is 83.7 cm³/mol. The standard InChI is InChI=1S/C15H19ClN2O4/c1-9(7-12(19)20)17-13(21)15(2,3)14(22)18-11-6-4-5-10(16)8-11/h4-6,8-9H,7H2,1-3H3,(H,17,21)(H,18,22)(H,19,20)/t9-/m0/s1. The minimum absolute atomic E-state index is 0.211. The van der Waals surface area contributed by atoms with Gasteiger partial charge in [-0.15, -0.1) is 0 Å². The Hall–Kier alpha value is -2.08. The Morgan fingerprint density at radius 1 is 1.27 bits per heavy atom. The summed E-state index contributed by atoms with van der Waals surface area (Å²) in [6.45, 7) is 4.50. The Balaban J connectivity index is 2.73. The zero-order chi connectivity index (χ0) is 16.9. The number of aliphatic carboxylic acids is 1. The minimum Gasteiger partial charge on any atom is -0.481 e. The summed E-state index contributed by atoms with van der Waals surface area (Å²) >= 11 is 5.84. The van der Waals surface area contributed by atoms with Gasteiger partial charge in [0.2, 0.25) is 11.8 Å². The highest BCUT2D eigenvalue weighted by atomic mass is 35.5. The number of hydrogen-bond acceptors (Lipinski definition) is 3. The number of nitrogens with one attached hydrogen (secondary N) is 2. The van der Waals surface area contributed by atoms with E-state index in [9.17, 15) is 14.4 Å². The van der Waals surface area contributed by atoms with E-state index in [1.807, 2.05) is 0 Å². The van der Waals surface area contributed by atoms with Crippen LogP contribution in [0, 0.1) is 5.41 Å². The summed E-state index contributed by atoms with van der Waals surface area (Å²) < 4.78 is 0. The molecule has 1 aromatic carbocycles. The Bertz CT molecular complexity index is 587. The zero-order valence-corrected chi connectivity index (χ0v) is 13.4. The number of benzene rings is 1. The maximum Gasteiger partial charge on any atom is 0.305 e. The topological polar surface area (TPSA) is 95.5 Å². The van der Waals surface area contributed by atoms with Crippen molar-refractivity contribution < 1.29 is 19.5 Å². The smallest absolute Gasteiger partial charge is 0.305 e. The van der Waals surface area contributed by atoms with E-state index >= 15 is 0 Å². The fourth-order valence-corrected chi connectivity index (χ4v) is 1.86. The summed E-state index contributed by atoms with van der Waals surface area (Å²) in [6.07, 6.45) is -0.211. The maximum absolute atomic E-state index is 12.3. The molecule has 2 amide bonds. The van der Waals surface area contributed by atoms with Crippen LogP contribution in [-0.4, -0.2) is 28.9 Å². The van der Waals surface area contributed by atoms with Gasteiger partial charge >= 0.3 is 5.97 Å². The van der Waals surface area contributed by atoms with Crippen LogP contribution in [-0.2, 0) is 14.4 Å². The summed E-state index contributed by atoms with van der Waals surface area (Å²) in [7, 11) is 0. The van der Waals surface area contributed by atoms with Gasteiger partial charge in [-0.2, -0.15) is 0 Å². The SMILES string of the molecule is C[C@@H](CC(=O)O)NC(=O)C(C)(C)C(=O)Nc1cccc(Cl)c1. The summed E-state index contributed by atoms with van der Waals surface area (Å²) in [4.78, 5) is 35.0. The number of carbonyl (C=O) groups excluding carboxylic acids is 2. The lowest BCUT2D eigenvalue weighted by molar-refractivity contribution is -0.139. The first-order chi connectivity index (χ1) is 10.1. The maximum atomic E-state index is 12.3. The summed E-state index contributed by atoms with van der Waals surface area (Å²) in [6, 6.07) is 6.01. The summed E-state index contributed by atoms with van der Waals surface area (Å²) in [5.41, 5.74) is -0.869. The molecule has 7 heteroatoms. The number of amides is 2. The molecule has 1 atom stereocenters. The Kier molecular flexibility index (Phi) is 5.93. The molecule has 0 aliphatic heterocycles. The van der Waals surface area contributed by atoms with Gasteiger partial charge in [0.15, 0.2) is 0 Å². The first-order valence-electron chi connectivity index (χ1n) is 6.72. The first kappa shape index (κ1) is 18.0. The van der Waals surface area contributed by atoms with Gasteiger partial charge < -0.3 is 15.7 Å².